The molecule has 21 heavy (non-hydrogen) atoms. The van der Waals surface area contributed by atoms with Gasteiger partial charge in [-0.2, -0.15) is 0 Å². The van der Waals surface area contributed by atoms with Crippen molar-refractivity contribution in [1.29, 1.82) is 0 Å². The molecule has 0 saturated carbocycles. The summed E-state index contributed by atoms with van der Waals surface area (Å²) in [4.78, 5) is 7.33. The fraction of sp³-hybridized carbons (Fsp3) is 0.588. The Balaban J connectivity index is 1.78. The highest BCUT2D eigenvalue weighted by atomic mass is 15.3. The number of benzene rings is 1. The van der Waals surface area contributed by atoms with E-state index in [4.69, 9.17) is 4.98 Å². The fourth-order valence-electron chi connectivity index (χ4n) is 3.24. The van der Waals surface area contributed by atoms with Crippen LogP contribution in [-0.2, 0) is 7.05 Å². The third kappa shape index (κ3) is 2.91. The van der Waals surface area contributed by atoms with Crippen molar-refractivity contribution in [3.05, 3.63) is 24.3 Å². The van der Waals surface area contributed by atoms with Gasteiger partial charge in [-0.3, -0.25) is 0 Å². The molecule has 1 unspecified atom stereocenters. The van der Waals surface area contributed by atoms with Crippen molar-refractivity contribution in [1.82, 2.24) is 14.9 Å². The third-order valence-corrected chi connectivity index (χ3v) is 4.33. The van der Waals surface area contributed by atoms with Crippen molar-refractivity contribution >= 4 is 17.0 Å². The number of rotatable bonds is 5. The number of anilines is 1. The van der Waals surface area contributed by atoms with Gasteiger partial charge < -0.3 is 14.8 Å². The minimum Gasteiger partial charge on any atom is -0.338 e. The molecule has 0 radical (unpaired) electrons. The molecule has 1 aromatic heterocycles. The van der Waals surface area contributed by atoms with Crippen LogP contribution in [0.25, 0.3) is 11.0 Å². The van der Waals surface area contributed by atoms with Gasteiger partial charge in [-0.25, -0.2) is 4.98 Å². The van der Waals surface area contributed by atoms with Gasteiger partial charge in [0.2, 0.25) is 5.95 Å². The quantitative estimate of drug-likeness (QED) is 0.917. The van der Waals surface area contributed by atoms with Gasteiger partial charge in [-0.1, -0.05) is 26.0 Å². The number of fused-ring (bicyclic) bond motifs is 1. The first kappa shape index (κ1) is 14.4. The van der Waals surface area contributed by atoms with E-state index in [0.29, 0.717) is 12.0 Å². The summed E-state index contributed by atoms with van der Waals surface area (Å²) in [5.74, 6) is 1.82. The molecule has 1 atom stereocenters. The van der Waals surface area contributed by atoms with Crippen LogP contribution >= 0.6 is 0 Å². The average Bonchev–Trinajstić information content (AvgIpc) is 3.04. The molecule has 3 rings (SSSR count). The van der Waals surface area contributed by atoms with E-state index < -0.39 is 0 Å². The van der Waals surface area contributed by atoms with Gasteiger partial charge in [0.1, 0.15) is 0 Å². The first-order chi connectivity index (χ1) is 10.2. The van der Waals surface area contributed by atoms with Crippen molar-refractivity contribution in [3.63, 3.8) is 0 Å². The Labute approximate surface area is 127 Å². The van der Waals surface area contributed by atoms with Crippen LogP contribution in [-0.4, -0.2) is 35.2 Å². The molecule has 1 aliphatic rings. The molecule has 114 valence electrons. The Morgan fingerprint density at radius 1 is 1.33 bits per heavy atom. The predicted octanol–water partition coefficient (Wildman–Crippen LogP) is 2.79. The lowest BCUT2D eigenvalue weighted by Gasteiger charge is -2.26. The summed E-state index contributed by atoms with van der Waals surface area (Å²) in [5.41, 5.74) is 2.31. The highest BCUT2D eigenvalue weighted by molar-refractivity contribution is 5.78. The maximum absolute atomic E-state index is 4.85. The van der Waals surface area contributed by atoms with Gasteiger partial charge in [0, 0.05) is 26.2 Å². The molecule has 2 heterocycles. The van der Waals surface area contributed by atoms with Gasteiger partial charge in [0.25, 0.3) is 0 Å². The van der Waals surface area contributed by atoms with Crippen molar-refractivity contribution in [2.24, 2.45) is 13.0 Å². The molecular weight excluding hydrogens is 260 g/mol. The van der Waals surface area contributed by atoms with Crippen molar-refractivity contribution in [3.8, 4) is 0 Å². The van der Waals surface area contributed by atoms with Gasteiger partial charge in [0.05, 0.1) is 11.0 Å². The molecule has 2 aromatic rings. The molecule has 4 heteroatoms. The Morgan fingerprint density at radius 3 is 2.90 bits per heavy atom. The van der Waals surface area contributed by atoms with E-state index in [0.717, 1.165) is 31.1 Å². The molecule has 0 amide bonds. The van der Waals surface area contributed by atoms with Crippen LogP contribution in [0.15, 0.2) is 24.3 Å². The van der Waals surface area contributed by atoms with E-state index >= 15 is 0 Å². The smallest absolute Gasteiger partial charge is 0.206 e. The standard InChI is InChI=1S/C17H26N4/c1-13(2)11-18-12-14-7-6-10-21(14)17-19-15-8-4-5-9-16(15)20(17)3/h4-5,8-9,13-14,18H,6-7,10-12H2,1-3H3. The summed E-state index contributed by atoms with van der Waals surface area (Å²) in [5, 5.41) is 3.60. The van der Waals surface area contributed by atoms with E-state index in [2.05, 4.69) is 59.9 Å². The molecule has 1 saturated heterocycles. The van der Waals surface area contributed by atoms with E-state index in [1.807, 2.05) is 0 Å². The predicted molar refractivity (Wildman–Crippen MR) is 88.8 cm³/mol. The third-order valence-electron chi connectivity index (χ3n) is 4.33. The molecule has 1 N–H and O–H groups in total. The second kappa shape index (κ2) is 6.06. The number of hydrogen-bond acceptors (Lipinski definition) is 3. The van der Waals surface area contributed by atoms with E-state index in [-0.39, 0.29) is 0 Å². The average molecular weight is 286 g/mol. The minimum atomic E-state index is 0.569. The molecular formula is C17H26N4. The van der Waals surface area contributed by atoms with Crippen LogP contribution in [0.3, 0.4) is 0 Å². The number of nitrogens with one attached hydrogen (secondary N) is 1. The van der Waals surface area contributed by atoms with Crippen molar-refractivity contribution < 1.29 is 0 Å². The van der Waals surface area contributed by atoms with Crippen LogP contribution in [0.4, 0.5) is 5.95 Å². The van der Waals surface area contributed by atoms with Gasteiger partial charge in [0.15, 0.2) is 0 Å². The Bertz CT molecular complexity index is 602. The normalized spacial score (nSPS) is 19.0. The highest BCUT2D eigenvalue weighted by Crippen LogP contribution is 2.27. The lowest BCUT2D eigenvalue weighted by molar-refractivity contribution is 0.509. The molecule has 1 fully saturated rings. The van der Waals surface area contributed by atoms with Crippen molar-refractivity contribution in [2.45, 2.75) is 32.7 Å². The molecule has 0 aliphatic carbocycles. The summed E-state index contributed by atoms with van der Waals surface area (Å²) in [6.07, 6.45) is 2.52. The van der Waals surface area contributed by atoms with Crippen LogP contribution < -0.4 is 10.2 Å². The zero-order valence-electron chi connectivity index (χ0n) is 13.3. The lowest BCUT2D eigenvalue weighted by Crippen LogP contribution is -2.40. The second-order valence-corrected chi connectivity index (χ2v) is 6.50. The molecule has 1 aromatic carbocycles. The highest BCUT2D eigenvalue weighted by Gasteiger charge is 2.27. The SMILES string of the molecule is CC(C)CNCC1CCCN1c1nc2ccccc2n1C. The number of para-hydroxylation sites is 2. The molecule has 1 aliphatic heterocycles. The number of nitrogens with zero attached hydrogens (tertiary/aromatic N) is 3. The van der Waals surface area contributed by atoms with Crippen LogP contribution in [0, 0.1) is 5.92 Å². The number of aryl methyl sites for hydroxylation is 1. The number of imidazole rings is 1. The van der Waals surface area contributed by atoms with Gasteiger partial charge in [-0.05, 0) is 37.4 Å². The van der Waals surface area contributed by atoms with Crippen LogP contribution in [0.5, 0.6) is 0 Å². The summed E-state index contributed by atoms with van der Waals surface area (Å²) in [7, 11) is 2.13. The van der Waals surface area contributed by atoms with E-state index in [9.17, 15) is 0 Å². The summed E-state index contributed by atoms with van der Waals surface area (Å²) < 4.78 is 2.23. The maximum atomic E-state index is 4.85. The molecule has 4 nitrogen and oxygen atoms in total. The first-order valence-corrected chi connectivity index (χ1v) is 8.05. The Hall–Kier alpha value is -1.55. The van der Waals surface area contributed by atoms with Crippen molar-refractivity contribution in [2.75, 3.05) is 24.5 Å². The zero-order valence-corrected chi connectivity index (χ0v) is 13.3. The monoisotopic (exact) mass is 286 g/mol. The maximum Gasteiger partial charge on any atom is 0.206 e. The van der Waals surface area contributed by atoms with E-state index in [1.54, 1.807) is 0 Å². The first-order valence-electron chi connectivity index (χ1n) is 8.05. The Kier molecular flexibility index (Phi) is 4.15. The van der Waals surface area contributed by atoms with Crippen LogP contribution in [0.2, 0.25) is 0 Å². The Morgan fingerprint density at radius 2 is 2.14 bits per heavy atom. The topological polar surface area (TPSA) is 33.1 Å². The van der Waals surface area contributed by atoms with Gasteiger partial charge in [-0.15, -0.1) is 0 Å². The second-order valence-electron chi connectivity index (χ2n) is 6.50. The largest absolute Gasteiger partial charge is 0.338 e. The zero-order chi connectivity index (χ0) is 14.8. The fourth-order valence-corrected chi connectivity index (χ4v) is 3.24. The number of hydrogen-bond donors (Lipinski definition) is 1. The van der Waals surface area contributed by atoms with Crippen LogP contribution in [0.1, 0.15) is 26.7 Å². The van der Waals surface area contributed by atoms with Gasteiger partial charge >= 0.3 is 0 Å². The lowest BCUT2D eigenvalue weighted by atomic mass is 10.2. The summed E-state index contributed by atoms with van der Waals surface area (Å²) in [6, 6.07) is 8.96. The summed E-state index contributed by atoms with van der Waals surface area (Å²) >= 11 is 0. The minimum absolute atomic E-state index is 0.569. The molecule has 0 bridgehead atoms. The number of aromatic nitrogens is 2. The molecule has 0 spiro atoms. The summed E-state index contributed by atoms with van der Waals surface area (Å²) in [6.45, 7) is 7.77. The van der Waals surface area contributed by atoms with E-state index in [1.165, 1.54) is 18.4 Å².